The molecule has 0 aromatic heterocycles. The second-order valence-electron chi connectivity index (χ2n) is 6.72. The molecular weight excluding hydrogens is 248 g/mol. The molecule has 3 N–H and O–H groups in total. The lowest BCUT2D eigenvalue weighted by atomic mass is 9.85. The SMILES string of the molecule is CC(CCN)C(=O)NC(CC(C)(C)C)c1ccccc1. The zero-order valence-corrected chi connectivity index (χ0v) is 13.1. The number of hydrogen-bond acceptors (Lipinski definition) is 2. The lowest BCUT2D eigenvalue weighted by molar-refractivity contribution is -0.125. The van der Waals surface area contributed by atoms with E-state index in [9.17, 15) is 4.79 Å². The van der Waals surface area contributed by atoms with Crippen LogP contribution in [0.2, 0.25) is 0 Å². The molecular formula is C17H28N2O. The van der Waals surface area contributed by atoms with Gasteiger partial charge in [-0.1, -0.05) is 58.0 Å². The summed E-state index contributed by atoms with van der Waals surface area (Å²) >= 11 is 0. The molecule has 1 aromatic carbocycles. The van der Waals surface area contributed by atoms with E-state index in [4.69, 9.17) is 5.73 Å². The average Bonchev–Trinajstić information content (AvgIpc) is 2.37. The molecule has 0 heterocycles. The van der Waals surface area contributed by atoms with E-state index in [1.165, 1.54) is 0 Å². The number of carbonyl (C=O) groups excluding carboxylic acids is 1. The van der Waals surface area contributed by atoms with Crippen LogP contribution in [-0.2, 0) is 4.79 Å². The highest BCUT2D eigenvalue weighted by atomic mass is 16.1. The van der Waals surface area contributed by atoms with Crippen LogP contribution < -0.4 is 11.1 Å². The Kier molecular flexibility index (Phi) is 6.21. The number of nitrogens with one attached hydrogen (secondary N) is 1. The lowest BCUT2D eigenvalue weighted by Gasteiger charge is -2.28. The number of amides is 1. The van der Waals surface area contributed by atoms with Gasteiger partial charge in [0, 0.05) is 5.92 Å². The van der Waals surface area contributed by atoms with E-state index in [-0.39, 0.29) is 23.3 Å². The van der Waals surface area contributed by atoms with Crippen LogP contribution in [0.1, 0.15) is 52.1 Å². The van der Waals surface area contributed by atoms with Gasteiger partial charge in [0.25, 0.3) is 0 Å². The minimum absolute atomic E-state index is 0.0359. The third-order valence-corrected chi connectivity index (χ3v) is 3.38. The van der Waals surface area contributed by atoms with Gasteiger partial charge in [0.2, 0.25) is 5.91 Å². The molecule has 0 fully saturated rings. The number of rotatable bonds is 6. The van der Waals surface area contributed by atoms with Gasteiger partial charge in [0.15, 0.2) is 0 Å². The summed E-state index contributed by atoms with van der Waals surface area (Å²) in [6, 6.07) is 10.2. The van der Waals surface area contributed by atoms with Crippen LogP contribution >= 0.6 is 0 Å². The first kappa shape index (κ1) is 16.7. The topological polar surface area (TPSA) is 55.1 Å². The van der Waals surface area contributed by atoms with E-state index in [0.717, 1.165) is 18.4 Å². The van der Waals surface area contributed by atoms with Crippen molar-refractivity contribution >= 4 is 5.91 Å². The molecule has 2 atom stereocenters. The molecule has 0 saturated carbocycles. The van der Waals surface area contributed by atoms with E-state index < -0.39 is 0 Å². The van der Waals surface area contributed by atoms with Crippen LogP contribution in [0.25, 0.3) is 0 Å². The molecule has 0 saturated heterocycles. The fraction of sp³-hybridized carbons (Fsp3) is 0.588. The summed E-state index contributed by atoms with van der Waals surface area (Å²) in [6.45, 7) is 9.06. The number of benzene rings is 1. The normalized spacial score (nSPS) is 14.7. The summed E-state index contributed by atoms with van der Waals surface area (Å²) in [5, 5.41) is 3.18. The molecule has 0 aliphatic heterocycles. The monoisotopic (exact) mass is 276 g/mol. The molecule has 0 aliphatic carbocycles. The Bertz CT molecular complexity index is 409. The van der Waals surface area contributed by atoms with E-state index in [2.05, 4.69) is 38.2 Å². The van der Waals surface area contributed by atoms with Crippen molar-refractivity contribution in [1.29, 1.82) is 0 Å². The summed E-state index contributed by atoms with van der Waals surface area (Å²) in [7, 11) is 0. The van der Waals surface area contributed by atoms with Gasteiger partial charge in [-0.15, -0.1) is 0 Å². The van der Waals surface area contributed by atoms with Gasteiger partial charge < -0.3 is 11.1 Å². The van der Waals surface area contributed by atoms with Gasteiger partial charge in [0.05, 0.1) is 6.04 Å². The van der Waals surface area contributed by atoms with Crippen molar-refractivity contribution in [3.05, 3.63) is 35.9 Å². The van der Waals surface area contributed by atoms with Crippen molar-refractivity contribution < 1.29 is 4.79 Å². The van der Waals surface area contributed by atoms with Gasteiger partial charge in [-0.05, 0) is 30.4 Å². The highest BCUT2D eigenvalue weighted by Gasteiger charge is 2.23. The van der Waals surface area contributed by atoms with Crippen LogP contribution in [0, 0.1) is 11.3 Å². The Labute approximate surface area is 122 Å². The Morgan fingerprint density at radius 1 is 1.25 bits per heavy atom. The van der Waals surface area contributed by atoms with Crippen molar-refractivity contribution in [3.8, 4) is 0 Å². The molecule has 0 aliphatic rings. The maximum Gasteiger partial charge on any atom is 0.223 e. The van der Waals surface area contributed by atoms with E-state index >= 15 is 0 Å². The van der Waals surface area contributed by atoms with E-state index in [1.807, 2.05) is 25.1 Å². The first-order valence-corrected chi connectivity index (χ1v) is 7.39. The Balaban J connectivity index is 2.81. The fourth-order valence-corrected chi connectivity index (χ4v) is 2.25. The smallest absolute Gasteiger partial charge is 0.223 e. The van der Waals surface area contributed by atoms with Gasteiger partial charge in [-0.2, -0.15) is 0 Å². The van der Waals surface area contributed by atoms with Crippen molar-refractivity contribution in [2.24, 2.45) is 17.1 Å². The Morgan fingerprint density at radius 3 is 2.35 bits per heavy atom. The van der Waals surface area contributed by atoms with E-state index in [1.54, 1.807) is 0 Å². The summed E-state index contributed by atoms with van der Waals surface area (Å²) in [6.07, 6.45) is 1.64. The van der Waals surface area contributed by atoms with Crippen molar-refractivity contribution in [3.63, 3.8) is 0 Å². The predicted molar refractivity (Wildman–Crippen MR) is 84.2 cm³/mol. The molecule has 3 heteroatoms. The van der Waals surface area contributed by atoms with Gasteiger partial charge >= 0.3 is 0 Å². The molecule has 1 amide bonds. The molecule has 1 rings (SSSR count). The Morgan fingerprint density at radius 2 is 1.85 bits per heavy atom. The number of carbonyl (C=O) groups is 1. The first-order valence-electron chi connectivity index (χ1n) is 7.39. The highest BCUT2D eigenvalue weighted by molar-refractivity contribution is 5.78. The third kappa shape index (κ3) is 5.74. The quantitative estimate of drug-likeness (QED) is 0.838. The van der Waals surface area contributed by atoms with Crippen LogP contribution in [0.15, 0.2) is 30.3 Å². The van der Waals surface area contributed by atoms with Crippen molar-refractivity contribution in [2.75, 3.05) is 6.54 Å². The minimum atomic E-state index is -0.0359. The maximum atomic E-state index is 12.2. The predicted octanol–water partition coefficient (Wildman–Crippen LogP) is 3.27. The summed E-state index contributed by atoms with van der Waals surface area (Å²) in [5.41, 5.74) is 6.85. The molecule has 3 nitrogen and oxygen atoms in total. The fourth-order valence-electron chi connectivity index (χ4n) is 2.25. The second kappa shape index (κ2) is 7.44. The molecule has 20 heavy (non-hydrogen) atoms. The molecule has 2 unspecified atom stereocenters. The largest absolute Gasteiger partial charge is 0.349 e. The molecule has 0 radical (unpaired) electrons. The zero-order chi connectivity index (χ0) is 15.2. The third-order valence-electron chi connectivity index (χ3n) is 3.38. The number of hydrogen-bond donors (Lipinski definition) is 2. The zero-order valence-electron chi connectivity index (χ0n) is 13.1. The van der Waals surface area contributed by atoms with Gasteiger partial charge in [0.1, 0.15) is 0 Å². The second-order valence-corrected chi connectivity index (χ2v) is 6.72. The summed E-state index contributed by atoms with van der Waals surface area (Å²) < 4.78 is 0. The highest BCUT2D eigenvalue weighted by Crippen LogP contribution is 2.29. The molecule has 0 bridgehead atoms. The standard InChI is InChI=1S/C17H28N2O/c1-13(10-11-18)16(20)19-15(12-17(2,3)4)14-8-6-5-7-9-14/h5-9,13,15H,10-12,18H2,1-4H3,(H,19,20). The van der Waals surface area contributed by atoms with Crippen molar-refractivity contribution in [1.82, 2.24) is 5.32 Å². The van der Waals surface area contributed by atoms with Gasteiger partial charge in [-0.3, -0.25) is 4.79 Å². The van der Waals surface area contributed by atoms with Crippen molar-refractivity contribution in [2.45, 2.75) is 46.6 Å². The average molecular weight is 276 g/mol. The van der Waals surface area contributed by atoms with E-state index in [0.29, 0.717) is 6.54 Å². The number of nitrogens with two attached hydrogens (primary N) is 1. The van der Waals surface area contributed by atoms with Crippen LogP contribution in [0.5, 0.6) is 0 Å². The molecule has 1 aromatic rings. The van der Waals surface area contributed by atoms with Crippen LogP contribution in [0.3, 0.4) is 0 Å². The summed E-state index contributed by atoms with van der Waals surface area (Å²) in [5.74, 6) is 0.0553. The van der Waals surface area contributed by atoms with Gasteiger partial charge in [-0.25, -0.2) is 0 Å². The van der Waals surface area contributed by atoms with Crippen LogP contribution in [-0.4, -0.2) is 12.5 Å². The first-order chi connectivity index (χ1) is 9.33. The van der Waals surface area contributed by atoms with Crippen LogP contribution in [0.4, 0.5) is 0 Å². The minimum Gasteiger partial charge on any atom is -0.349 e. The maximum absolute atomic E-state index is 12.2. The molecule has 0 spiro atoms. The lowest BCUT2D eigenvalue weighted by Crippen LogP contribution is -2.35. The molecule has 112 valence electrons. The Hall–Kier alpha value is -1.35. The summed E-state index contributed by atoms with van der Waals surface area (Å²) in [4.78, 5) is 12.2.